The quantitative estimate of drug-likeness (QED) is 0.443. The molecule has 0 N–H and O–H groups in total. The minimum Gasteiger partial charge on any atom is -0.0979 e. The monoisotopic (exact) mass is 174 g/mol. The fourth-order valence-corrected chi connectivity index (χ4v) is 0. The zero-order valence-corrected chi connectivity index (χ0v) is 8.12. The molecular formula is C3H10S2Zn. The molecule has 0 aliphatic carbocycles. The molecule has 0 fully saturated rings. The Kier molecular flexibility index (Phi) is 42.4. The van der Waals surface area contributed by atoms with Crippen LogP contribution in [-0.4, -0.2) is 12.5 Å². The van der Waals surface area contributed by atoms with Crippen molar-refractivity contribution >= 4 is 21.6 Å². The Labute approximate surface area is 61.0 Å². The van der Waals surface area contributed by atoms with Gasteiger partial charge in [-0.15, -0.1) is 0 Å². The summed E-state index contributed by atoms with van der Waals surface area (Å²) in [4.78, 5) is 0. The standard InChI is InChI=1S/C2H6S2.CH4.Zn/c1-3-4-2;;/h1-2H3;1H4;. The molecule has 0 aromatic carbocycles. The minimum absolute atomic E-state index is 0. The minimum atomic E-state index is 0. The average molecular weight is 176 g/mol. The molecule has 0 aliphatic heterocycles. The largest absolute Gasteiger partial charge is 0.0979 e. The predicted octanol–water partition coefficient (Wildman–Crippen LogP) is 2.26. The third kappa shape index (κ3) is 18.4. The van der Waals surface area contributed by atoms with Crippen LogP contribution in [0.3, 0.4) is 0 Å². The molecule has 0 radical (unpaired) electrons. The van der Waals surface area contributed by atoms with Gasteiger partial charge in [0.2, 0.25) is 0 Å². The summed E-state index contributed by atoms with van der Waals surface area (Å²) in [6.45, 7) is 0. The van der Waals surface area contributed by atoms with Gasteiger partial charge in [-0.1, -0.05) is 29.0 Å². The first-order chi connectivity index (χ1) is 1.91. The maximum atomic E-state index is 2.06. The van der Waals surface area contributed by atoms with E-state index in [0.717, 1.165) is 0 Å². The maximum absolute atomic E-state index is 2.06. The summed E-state index contributed by atoms with van der Waals surface area (Å²) < 4.78 is 0. The number of rotatable bonds is 1. The van der Waals surface area contributed by atoms with Crippen molar-refractivity contribution in [3.8, 4) is 0 Å². The van der Waals surface area contributed by atoms with Crippen LogP contribution in [0.2, 0.25) is 0 Å². The zero-order valence-electron chi connectivity index (χ0n) is 3.52. The van der Waals surface area contributed by atoms with E-state index in [1.54, 1.807) is 21.6 Å². The summed E-state index contributed by atoms with van der Waals surface area (Å²) >= 11 is 0. The summed E-state index contributed by atoms with van der Waals surface area (Å²) in [6.07, 6.45) is 4.12. The van der Waals surface area contributed by atoms with Gasteiger partial charge < -0.3 is 0 Å². The molecule has 36 valence electrons. The molecule has 0 spiro atoms. The van der Waals surface area contributed by atoms with E-state index in [2.05, 4.69) is 12.5 Å². The predicted molar refractivity (Wildman–Crippen MR) is 33.8 cm³/mol. The molecule has 0 heterocycles. The first-order valence-corrected chi connectivity index (χ1v) is 3.95. The SMILES string of the molecule is C.CSSC.[Zn]. The van der Waals surface area contributed by atoms with Crippen molar-refractivity contribution in [2.24, 2.45) is 0 Å². The van der Waals surface area contributed by atoms with E-state index in [0.29, 0.717) is 0 Å². The van der Waals surface area contributed by atoms with Gasteiger partial charge in [0.05, 0.1) is 0 Å². The van der Waals surface area contributed by atoms with Crippen molar-refractivity contribution in [3.63, 3.8) is 0 Å². The molecule has 3 heteroatoms. The second kappa shape index (κ2) is 16.2. The zero-order chi connectivity index (χ0) is 3.41. The fraction of sp³-hybridized carbons (Fsp3) is 1.00. The van der Waals surface area contributed by atoms with Crippen molar-refractivity contribution in [1.82, 2.24) is 0 Å². The van der Waals surface area contributed by atoms with Gasteiger partial charge in [-0.2, -0.15) is 0 Å². The summed E-state index contributed by atoms with van der Waals surface area (Å²) in [5, 5.41) is 0. The molecule has 6 heavy (non-hydrogen) atoms. The van der Waals surface area contributed by atoms with Crippen LogP contribution in [0.25, 0.3) is 0 Å². The second-order valence-corrected chi connectivity index (χ2v) is 3.00. The van der Waals surface area contributed by atoms with Crippen LogP contribution in [0.1, 0.15) is 7.43 Å². The van der Waals surface area contributed by atoms with Crippen LogP contribution in [0, 0.1) is 0 Å². The average Bonchev–Trinajstić information content (AvgIpc) is 1.37. The first-order valence-electron chi connectivity index (χ1n) is 0.983. The Bertz CT molecular complexity index is 10.8. The summed E-state index contributed by atoms with van der Waals surface area (Å²) in [5.41, 5.74) is 0. The topological polar surface area (TPSA) is 0 Å². The summed E-state index contributed by atoms with van der Waals surface area (Å²) in [6, 6.07) is 0. The van der Waals surface area contributed by atoms with E-state index in [9.17, 15) is 0 Å². The van der Waals surface area contributed by atoms with Crippen LogP contribution < -0.4 is 0 Å². The molecule has 0 nitrogen and oxygen atoms in total. The van der Waals surface area contributed by atoms with Crippen LogP contribution in [-0.2, 0) is 19.5 Å². The van der Waals surface area contributed by atoms with E-state index in [-0.39, 0.29) is 26.9 Å². The first kappa shape index (κ1) is 15.7. The van der Waals surface area contributed by atoms with Gasteiger partial charge in [0.15, 0.2) is 0 Å². The number of hydrogen-bond donors (Lipinski definition) is 0. The van der Waals surface area contributed by atoms with E-state index in [1.807, 2.05) is 0 Å². The van der Waals surface area contributed by atoms with Gasteiger partial charge in [-0.3, -0.25) is 0 Å². The van der Waals surface area contributed by atoms with Crippen molar-refractivity contribution in [3.05, 3.63) is 0 Å². The molecular weight excluding hydrogens is 166 g/mol. The second-order valence-electron chi connectivity index (χ2n) is 0.333. The van der Waals surface area contributed by atoms with E-state index in [4.69, 9.17) is 0 Å². The Morgan fingerprint density at radius 1 is 1.00 bits per heavy atom. The Morgan fingerprint density at radius 2 is 1.17 bits per heavy atom. The molecule has 0 unspecified atom stereocenters. The Balaban J connectivity index is -0.0000000450. The molecule has 0 amide bonds. The fourth-order valence-electron chi connectivity index (χ4n) is 0. The van der Waals surface area contributed by atoms with Crippen LogP contribution in [0.15, 0.2) is 0 Å². The van der Waals surface area contributed by atoms with Gasteiger partial charge >= 0.3 is 0 Å². The van der Waals surface area contributed by atoms with Crippen molar-refractivity contribution in [2.75, 3.05) is 12.5 Å². The van der Waals surface area contributed by atoms with E-state index in [1.165, 1.54) is 0 Å². The molecule has 0 saturated carbocycles. The van der Waals surface area contributed by atoms with E-state index >= 15 is 0 Å². The third-order valence-corrected chi connectivity index (χ3v) is 1.50. The number of hydrogen-bond acceptors (Lipinski definition) is 2. The van der Waals surface area contributed by atoms with Crippen LogP contribution in [0.5, 0.6) is 0 Å². The Morgan fingerprint density at radius 3 is 1.17 bits per heavy atom. The van der Waals surface area contributed by atoms with Gasteiger partial charge in [0, 0.05) is 19.5 Å². The molecule has 0 atom stereocenters. The smallest absolute Gasteiger partial charge is 0 e. The normalized spacial score (nSPS) is 5.00. The van der Waals surface area contributed by atoms with Crippen molar-refractivity contribution < 1.29 is 19.5 Å². The maximum Gasteiger partial charge on any atom is 0 e. The van der Waals surface area contributed by atoms with Gasteiger partial charge in [-0.25, -0.2) is 0 Å². The summed E-state index contributed by atoms with van der Waals surface area (Å²) in [7, 11) is 3.55. The van der Waals surface area contributed by atoms with Gasteiger partial charge in [0.1, 0.15) is 0 Å². The summed E-state index contributed by atoms with van der Waals surface area (Å²) in [5.74, 6) is 0. The molecule has 0 aromatic heterocycles. The van der Waals surface area contributed by atoms with Crippen molar-refractivity contribution in [1.29, 1.82) is 0 Å². The molecule has 0 aromatic rings. The van der Waals surface area contributed by atoms with Crippen molar-refractivity contribution in [2.45, 2.75) is 7.43 Å². The molecule has 0 saturated heterocycles. The Hall–Kier alpha value is 1.32. The molecule has 0 bridgehead atoms. The van der Waals surface area contributed by atoms with Crippen LogP contribution >= 0.6 is 21.6 Å². The third-order valence-electron chi connectivity index (χ3n) is 0.167. The van der Waals surface area contributed by atoms with E-state index < -0.39 is 0 Å². The van der Waals surface area contributed by atoms with Gasteiger partial charge in [-0.05, 0) is 12.5 Å². The molecule has 0 rings (SSSR count). The van der Waals surface area contributed by atoms with Gasteiger partial charge in [0.25, 0.3) is 0 Å². The van der Waals surface area contributed by atoms with Crippen LogP contribution in [0.4, 0.5) is 0 Å². The molecule has 0 aliphatic rings.